The molecule has 6 aromatic carbocycles. The fourth-order valence-corrected chi connectivity index (χ4v) is 8.28. The minimum Gasteiger partial charge on any atom is -0.135 e. The summed E-state index contributed by atoms with van der Waals surface area (Å²) in [4.78, 5) is 2.67. The van der Waals surface area contributed by atoms with Gasteiger partial charge >= 0.3 is 0 Å². The van der Waals surface area contributed by atoms with Crippen molar-refractivity contribution in [1.82, 2.24) is 0 Å². The molecule has 0 atom stereocenters. The lowest BCUT2D eigenvalue weighted by Crippen LogP contribution is -1.81. The van der Waals surface area contributed by atoms with Gasteiger partial charge in [-0.25, -0.2) is 0 Å². The summed E-state index contributed by atoms with van der Waals surface area (Å²) >= 11 is 3.81. The van der Waals surface area contributed by atoms with Gasteiger partial charge in [0.25, 0.3) is 0 Å². The van der Waals surface area contributed by atoms with Crippen LogP contribution in [0.2, 0.25) is 0 Å². The average Bonchev–Trinajstić information content (AvgIpc) is 3.57. The topological polar surface area (TPSA) is 0 Å². The first-order chi connectivity index (χ1) is 18.6. The molecule has 0 spiro atoms. The van der Waals surface area contributed by atoms with E-state index in [-0.39, 0.29) is 0 Å². The summed E-state index contributed by atoms with van der Waals surface area (Å²) in [6.07, 6.45) is 0. The van der Waals surface area contributed by atoms with E-state index in [1.807, 2.05) is 22.7 Å². The minimum absolute atomic E-state index is 1.30. The highest BCUT2D eigenvalue weighted by Crippen LogP contribution is 2.43. The normalized spacial score (nSPS) is 11.9. The number of benzene rings is 6. The first kappa shape index (κ1) is 22.0. The van der Waals surface area contributed by atoms with E-state index >= 15 is 0 Å². The summed E-state index contributed by atoms with van der Waals surface area (Å²) in [7, 11) is 0. The van der Waals surface area contributed by atoms with Crippen LogP contribution in [0, 0.1) is 13.8 Å². The number of hydrogen-bond acceptors (Lipinski definition) is 2. The lowest BCUT2D eigenvalue weighted by molar-refractivity contribution is 1.48. The van der Waals surface area contributed by atoms with E-state index in [1.54, 1.807) is 0 Å². The molecular weight excluding hydrogens is 497 g/mol. The monoisotopic (exact) mass is 520 g/mol. The van der Waals surface area contributed by atoms with Crippen LogP contribution in [0.15, 0.2) is 109 Å². The van der Waals surface area contributed by atoms with Gasteiger partial charge in [-0.3, -0.25) is 0 Å². The maximum atomic E-state index is 2.35. The highest BCUT2D eigenvalue weighted by atomic mass is 32.1. The van der Waals surface area contributed by atoms with E-state index in [0.717, 1.165) is 0 Å². The van der Waals surface area contributed by atoms with Crippen molar-refractivity contribution in [2.75, 3.05) is 0 Å². The predicted octanol–water partition coefficient (Wildman–Crippen LogP) is 11.5. The molecular formula is C36H24S2. The molecule has 0 aliphatic rings. The van der Waals surface area contributed by atoms with Gasteiger partial charge in [0.05, 0.1) is 0 Å². The summed E-state index contributed by atoms with van der Waals surface area (Å²) in [6.45, 7) is 4.33. The van der Waals surface area contributed by atoms with Gasteiger partial charge in [0.15, 0.2) is 0 Å². The lowest BCUT2D eigenvalue weighted by Gasteiger charge is -2.09. The molecule has 0 nitrogen and oxygen atoms in total. The Labute approximate surface area is 229 Å². The Bertz CT molecular complexity index is 2050. The Balaban J connectivity index is 1.33. The van der Waals surface area contributed by atoms with Crippen LogP contribution in [0.5, 0.6) is 0 Å². The standard InChI is InChI=1S/C36H24S2/c1-21-5-3-7-23(17-21)33-19-25-9-11-29-27-14-16-32-30(28(27)13-15-31(29)35(25)37-33)12-10-26-20-34(38-36(26)32)24-8-4-6-22(2)18-24/h3-20H,1-2H3. The second-order valence-electron chi connectivity index (χ2n) is 10.3. The molecule has 0 N–H and O–H groups in total. The highest BCUT2D eigenvalue weighted by Gasteiger charge is 2.13. The van der Waals surface area contributed by atoms with Crippen LogP contribution in [0.4, 0.5) is 0 Å². The largest absolute Gasteiger partial charge is 0.135 e. The van der Waals surface area contributed by atoms with Crippen molar-refractivity contribution in [1.29, 1.82) is 0 Å². The number of aryl methyl sites for hydroxylation is 2. The summed E-state index contributed by atoms with van der Waals surface area (Å²) in [5.74, 6) is 0. The second-order valence-corrected chi connectivity index (χ2v) is 12.4. The highest BCUT2D eigenvalue weighted by molar-refractivity contribution is 7.23. The number of fused-ring (bicyclic) bond motifs is 9. The van der Waals surface area contributed by atoms with Crippen molar-refractivity contribution in [2.45, 2.75) is 13.8 Å². The van der Waals surface area contributed by atoms with E-state index in [4.69, 9.17) is 0 Å². The molecule has 0 saturated carbocycles. The van der Waals surface area contributed by atoms with Gasteiger partial charge in [-0.2, -0.15) is 0 Å². The van der Waals surface area contributed by atoms with E-state index < -0.39 is 0 Å². The van der Waals surface area contributed by atoms with Crippen molar-refractivity contribution >= 4 is 75.2 Å². The summed E-state index contributed by atoms with van der Waals surface area (Å²) in [5, 5.41) is 10.7. The van der Waals surface area contributed by atoms with Crippen molar-refractivity contribution in [2.24, 2.45) is 0 Å². The molecule has 0 fully saturated rings. The molecule has 38 heavy (non-hydrogen) atoms. The van der Waals surface area contributed by atoms with Gasteiger partial charge < -0.3 is 0 Å². The molecule has 2 heteroatoms. The van der Waals surface area contributed by atoms with Crippen molar-refractivity contribution in [3.63, 3.8) is 0 Å². The lowest BCUT2D eigenvalue weighted by atomic mass is 9.96. The zero-order valence-electron chi connectivity index (χ0n) is 21.2. The Kier molecular flexibility index (Phi) is 4.79. The van der Waals surface area contributed by atoms with Gasteiger partial charge in [0, 0.05) is 29.9 Å². The van der Waals surface area contributed by atoms with E-state index in [2.05, 4.69) is 123 Å². The number of thiophene rings is 2. The van der Waals surface area contributed by atoms with E-state index in [0.29, 0.717) is 0 Å². The molecule has 0 saturated heterocycles. The Morgan fingerprint density at radius 1 is 0.395 bits per heavy atom. The van der Waals surface area contributed by atoms with Crippen molar-refractivity contribution in [3.8, 4) is 20.9 Å². The first-order valence-corrected chi connectivity index (χ1v) is 14.6. The maximum absolute atomic E-state index is 2.35. The van der Waals surface area contributed by atoms with E-state index in [1.165, 1.54) is 84.5 Å². The molecule has 8 aromatic rings. The van der Waals surface area contributed by atoms with Crippen molar-refractivity contribution in [3.05, 3.63) is 120 Å². The van der Waals surface area contributed by atoms with Crippen LogP contribution in [0.25, 0.3) is 73.4 Å². The second kappa shape index (κ2) is 8.26. The van der Waals surface area contributed by atoms with E-state index in [9.17, 15) is 0 Å². The molecule has 0 amide bonds. The molecule has 8 rings (SSSR count). The minimum atomic E-state index is 1.30. The van der Waals surface area contributed by atoms with Crippen LogP contribution in [0.3, 0.4) is 0 Å². The summed E-state index contributed by atoms with van der Waals surface area (Å²) in [6, 6.07) is 40.9. The van der Waals surface area contributed by atoms with Gasteiger partial charge in [-0.15, -0.1) is 22.7 Å². The fraction of sp³-hybridized carbons (Fsp3) is 0.0556. The van der Waals surface area contributed by atoms with Crippen LogP contribution in [-0.2, 0) is 0 Å². The smallest absolute Gasteiger partial charge is 0.0428 e. The van der Waals surface area contributed by atoms with Gasteiger partial charge in [0.2, 0.25) is 0 Å². The van der Waals surface area contributed by atoms with Gasteiger partial charge in [0.1, 0.15) is 0 Å². The molecule has 180 valence electrons. The average molecular weight is 521 g/mol. The summed E-state index contributed by atoms with van der Waals surface area (Å²) < 4.78 is 2.75. The Morgan fingerprint density at radius 2 is 0.789 bits per heavy atom. The molecule has 2 heterocycles. The van der Waals surface area contributed by atoms with Crippen LogP contribution in [0.1, 0.15) is 11.1 Å². The third-order valence-electron chi connectivity index (χ3n) is 7.76. The Morgan fingerprint density at radius 3 is 1.24 bits per heavy atom. The Hall–Kier alpha value is -3.98. The van der Waals surface area contributed by atoms with Crippen LogP contribution < -0.4 is 0 Å². The zero-order valence-corrected chi connectivity index (χ0v) is 22.8. The molecule has 0 radical (unpaired) electrons. The SMILES string of the molecule is Cc1cccc(-c2cc3ccc4c5ccc6c(ccc7cc(-c8cccc(C)c8)sc76)c5ccc4c3s2)c1. The van der Waals surface area contributed by atoms with Gasteiger partial charge in [-0.05, 0) is 69.4 Å². The third-order valence-corrected chi connectivity index (χ3v) is 10.2. The van der Waals surface area contributed by atoms with Crippen LogP contribution in [-0.4, -0.2) is 0 Å². The fourth-order valence-electron chi connectivity index (χ4n) is 5.91. The summed E-state index contributed by atoms with van der Waals surface area (Å²) in [5.41, 5.74) is 5.20. The first-order valence-electron chi connectivity index (χ1n) is 13.0. The quantitative estimate of drug-likeness (QED) is 0.199. The van der Waals surface area contributed by atoms with Crippen molar-refractivity contribution < 1.29 is 0 Å². The van der Waals surface area contributed by atoms with Gasteiger partial charge in [-0.1, -0.05) is 108 Å². The molecule has 0 aliphatic heterocycles. The zero-order chi connectivity index (χ0) is 25.4. The molecule has 0 unspecified atom stereocenters. The molecule has 2 aromatic heterocycles. The predicted molar refractivity (Wildman–Crippen MR) is 170 cm³/mol. The number of hydrogen-bond donors (Lipinski definition) is 0. The molecule has 0 bridgehead atoms. The third kappa shape index (κ3) is 3.34. The number of rotatable bonds is 2. The maximum Gasteiger partial charge on any atom is 0.0428 e. The van der Waals surface area contributed by atoms with Crippen LogP contribution >= 0.6 is 22.7 Å². The molecule has 0 aliphatic carbocycles.